The normalized spacial score (nSPS) is 12.7. The second kappa shape index (κ2) is 3.18. The first-order valence-corrected chi connectivity index (χ1v) is 3.50. The number of nitrogens with one attached hydrogen (secondary N) is 1. The van der Waals surface area contributed by atoms with Gasteiger partial charge in [0, 0.05) is 12.0 Å². The molecule has 0 unspecified atom stereocenters. The lowest BCUT2D eigenvalue weighted by Gasteiger charge is -2.18. The summed E-state index contributed by atoms with van der Waals surface area (Å²) in [7, 11) is 4.29. The van der Waals surface area contributed by atoms with Crippen molar-refractivity contribution in [2.24, 2.45) is 5.73 Å². The van der Waals surface area contributed by atoms with Gasteiger partial charge < -0.3 is 10.6 Å². The molecule has 0 amide bonds. The van der Waals surface area contributed by atoms with E-state index in [0.29, 0.717) is 0 Å². The minimum absolute atomic E-state index is 0.0112. The van der Waals surface area contributed by atoms with Crippen LogP contribution in [0.25, 0.3) is 0 Å². The summed E-state index contributed by atoms with van der Waals surface area (Å²) in [6.45, 7) is 5.29. The van der Waals surface area contributed by atoms with Crippen molar-refractivity contribution >= 4 is 0 Å². The summed E-state index contributed by atoms with van der Waals surface area (Å²) in [5.41, 5.74) is 5.78. The zero-order chi connectivity index (χ0) is 7.49. The van der Waals surface area contributed by atoms with Crippen LogP contribution in [-0.2, 0) is 0 Å². The molecule has 0 aromatic heterocycles. The molecule has 0 aliphatic heterocycles. The topological polar surface area (TPSA) is 30.5 Å². The fourth-order valence-electron chi connectivity index (χ4n) is 0.572. The Bertz CT molecular complexity index is 71.5. The van der Waals surface area contributed by atoms with Gasteiger partial charge in [0.1, 0.15) is 0 Å². The van der Waals surface area contributed by atoms with Crippen LogP contribution in [-0.4, -0.2) is 26.2 Å². The smallest absolute Gasteiger partial charge is 0.0784 e. The van der Waals surface area contributed by atoms with Crippen LogP contribution < -0.4 is 10.6 Å². The maximum atomic E-state index is 5.77. The van der Waals surface area contributed by atoms with Gasteiger partial charge in [-0.15, -0.1) is 0 Å². The van der Waals surface area contributed by atoms with E-state index in [9.17, 15) is 0 Å². The third-order valence-electron chi connectivity index (χ3n) is 1.27. The highest BCUT2D eigenvalue weighted by Gasteiger charge is 2.11. The van der Waals surface area contributed by atoms with Gasteiger partial charge in [-0.2, -0.15) is 0 Å². The molecule has 0 spiro atoms. The third kappa shape index (κ3) is 7.92. The minimum atomic E-state index is 0.0112. The van der Waals surface area contributed by atoms with E-state index in [0.717, 1.165) is 13.0 Å². The van der Waals surface area contributed by atoms with Crippen molar-refractivity contribution in [3.8, 4) is 0 Å². The highest BCUT2D eigenvalue weighted by molar-refractivity contribution is 4.69. The highest BCUT2D eigenvalue weighted by atomic mass is 15.1. The van der Waals surface area contributed by atoms with E-state index in [4.69, 9.17) is 5.73 Å². The lowest BCUT2D eigenvalue weighted by Crippen LogP contribution is -3.06. The van der Waals surface area contributed by atoms with E-state index in [-0.39, 0.29) is 5.54 Å². The Labute approximate surface area is 58.0 Å². The van der Waals surface area contributed by atoms with Crippen molar-refractivity contribution in [3.05, 3.63) is 0 Å². The summed E-state index contributed by atoms with van der Waals surface area (Å²) in [6.07, 6.45) is 1.09. The molecular weight excluding hydrogens is 112 g/mol. The molecular formula is C7H19N2+. The second-order valence-corrected chi connectivity index (χ2v) is 3.70. The fourth-order valence-corrected chi connectivity index (χ4v) is 0.572. The van der Waals surface area contributed by atoms with E-state index in [1.54, 1.807) is 0 Å². The van der Waals surface area contributed by atoms with Gasteiger partial charge >= 0.3 is 0 Å². The molecule has 0 fully saturated rings. The molecule has 56 valence electrons. The zero-order valence-electron chi connectivity index (χ0n) is 6.99. The molecule has 0 radical (unpaired) electrons. The fraction of sp³-hybridized carbons (Fsp3) is 1.00. The molecule has 2 heteroatoms. The number of quaternary nitrogens is 1. The van der Waals surface area contributed by atoms with Crippen molar-refractivity contribution < 1.29 is 4.90 Å². The van der Waals surface area contributed by atoms with E-state index >= 15 is 0 Å². The summed E-state index contributed by atoms with van der Waals surface area (Å²) >= 11 is 0. The number of hydrogen-bond donors (Lipinski definition) is 2. The van der Waals surface area contributed by atoms with Gasteiger partial charge in [0.15, 0.2) is 0 Å². The number of hydrogen-bond acceptors (Lipinski definition) is 1. The predicted molar refractivity (Wildman–Crippen MR) is 40.6 cm³/mol. The van der Waals surface area contributed by atoms with Crippen molar-refractivity contribution in [1.82, 2.24) is 0 Å². The van der Waals surface area contributed by atoms with Crippen LogP contribution in [0.1, 0.15) is 20.3 Å². The van der Waals surface area contributed by atoms with Crippen LogP contribution in [0, 0.1) is 0 Å². The summed E-state index contributed by atoms with van der Waals surface area (Å²) in [5.74, 6) is 0. The van der Waals surface area contributed by atoms with Crippen LogP contribution in [0.4, 0.5) is 0 Å². The molecule has 0 aliphatic rings. The van der Waals surface area contributed by atoms with Gasteiger partial charge in [-0.1, -0.05) is 0 Å². The quantitative estimate of drug-likeness (QED) is 0.519. The zero-order valence-corrected chi connectivity index (χ0v) is 6.99. The maximum absolute atomic E-state index is 5.77. The molecule has 0 bridgehead atoms. The highest BCUT2D eigenvalue weighted by Crippen LogP contribution is 1.99. The third-order valence-corrected chi connectivity index (χ3v) is 1.27. The number of rotatable bonds is 3. The molecule has 0 rings (SSSR count). The van der Waals surface area contributed by atoms with E-state index in [1.165, 1.54) is 4.90 Å². The first kappa shape index (κ1) is 8.92. The average molecular weight is 131 g/mol. The van der Waals surface area contributed by atoms with Crippen LogP contribution in [0.5, 0.6) is 0 Å². The molecule has 0 saturated carbocycles. The lowest BCUT2D eigenvalue weighted by molar-refractivity contribution is -0.858. The van der Waals surface area contributed by atoms with Gasteiger partial charge in [0.2, 0.25) is 0 Å². The SMILES string of the molecule is C[NH+](C)CCC(C)(C)N. The van der Waals surface area contributed by atoms with Gasteiger partial charge in [0.05, 0.1) is 20.6 Å². The summed E-state index contributed by atoms with van der Waals surface area (Å²) in [4.78, 5) is 1.47. The average Bonchev–Trinajstić information content (AvgIpc) is 1.59. The molecule has 0 atom stereocenters. The largest absolute Gasteiger partial charge is 0.340 e. The monoisotopic (exact) mass is 131 g/mol. The van der Waals surface area contributed by atoms with Crippen molar-refractivity contribution in [1.29, 1.82) is 0 Å². The summed E-state index contributed by atoms with van der Waals surface area (Å²) in [6, 6.07) is 0. The number of nitrogens with two attached hydrogens (primary N) is 1. The Morgan fingerprint density at radius 1 is 1.33 bits per heavy atom. The van der Waals surface area contributed by atoms with Gasteiger partial charge in [-0.3, -0.25) is 0 Å². The van der Waals surface area contributed by atoms with E-state index < -0.39 is 0 Å². The van der Waals surface area contributed by atoms with Gasteiger partial charge in [0.25, 0.3) is 0 Å². The Morgan fingerprint density at radius 2 is 1.78 bits per heavy atom. The van der Waals surface area contributed by atoms with Gasteiger partial charge in [-0.05, 0) is 13.8 Å². The summed E-state index contributed by atoms with van der Waals surface area (Å²) in [5, 5.41) is 0. The van der Waals surface area contributed by atoms with Crippen LogP contribution >= 0.6 is 0 Å². The lowest BCUT2D eigenvalue weighted by atomic mass is 10.0. The standard InChI is InChI=1S/C7H18N2/c1-7(2,8)5-6-9(3)4/h5-6,8H2,1-4H3/p+1. The molecule has 0 aromatic carbocycles. The van der Waals surface area contributed by atoms with Crippen molar-refractivity contribution in [3.63, 3.8) is 0 Å². The molecule has 0 aromatic rings. The van der Waals surface area contributed by atoms with E-state index in [1.807, 2.05) is 0 Å². The summed E-state index contributed by atoms with van der Waals surface area (Å²) < 4.78 is 0. The Kier molecular flexibility index (Phi) is 3.15. The molecule has 2 nitrogen and oxygen atoms in total. The molecule has 0 aliphatic carbocycles. The van der Waals surface area contributed by atoms with Crippen molar-refractivity contribution in [2.45, 2.75) is 25.8 Å². The predicted octanol–water partition coefficient (Wildman–Crippen LogP) is -0.742. The first-order valence-electron chi connectivity index (χ1n) is 3.50. The molecule has 3 N–H and O–H groups in total. The van der Waals surface area contributed by atoms with Crippen molar-refractivity contribution in [2.75, 3.05) is 20.6 Å². The second-order valence-electron chi connectivity index (χ2n) is 3.70. The van der Waals surface area contributed by atoms with Crippen LogP contribution in [0.3, 0.4) is 0 Å². The Hall–Kier alpha value is -0.0800. The molecule has 9 heavy (non-hydrogen) atoms. The van der Waals surface area contributed by atoms with Crippen LogP contribution in [0.15, 0.2) is 0 Å². The Morgan fingerprint density at radius 3 is 1.89 bits per heavy atom. The van der Waals surface area contributed by atoms with E-state index in [2.05, 4.69) is 27.9 Å². The minimum Gasteiger partial charge on any atom is -0.340 e. The molecule has 0 saturated heterocycles. The van der Waals surface area contributed by atoms with Gasteiger partial charge in [-0.25, -0.2) is 0 Å². The van der Waals surface area contributed by atoms with Crippen LogP contribution in [0.2, 0.25) is 0 Å². The first-order chi connectivity index (χ1) is 3.92. The Balaban J connectivity index is 3.28. The molecule has 0 heterocycles. The maximum Gasteiger partial charge on any atom is 0.0784 e.